The molecule has 6 heteroatoms. The van der Waals surface area contributed by atoms with Crippen LogP contribution in [0.3, 0.4) is 0 Å². The second-order valence-electron chi connectivity index (χ2n) is 4.32. The fraction of sp³-hybridized carbons (Fsp3) is 0.583. The Labute approximate surface area is 107 Å². The van der Waals surface area contributed by atoms with E-state index in [2.05, 4.69) is 14.7 Å². The van der Waals surface area contributed by atoms with Gasteiger partial charge in [0, 0.05) is 7.11 Å². The summed E-state index contributed by atoms with van der Waals surface area (Å²) in [4.78, 5) is 19.9. The molecule has 0 aliphatic rings. The standard InChI is InChI=1S/C12H19N3O3/c1-6(2)9(17-4)11-14-7(3)8(10(13)15-11)12(16)18-5/h6,9H,1-5H3,(H2,13,14,15). The number of nitrogen functional groups attached to an aromatic ring is 1. The van der Waals surface area contributed by atoms with Gasteiger partial charge in [0.1, 0.15) is 17.5 Å². The highest BCUT2D eigenvalue weighted by molar-refractivity contribution is 5.95. The summed E-state index contributed by atoms with van der Waals surface area (Å²) in [6, 6.07) is 0. The zero-order valence-electron chi connectivity index (χ0n) is 11.4. The molecule has 1 heterocycles. The molecule has 1 rings (SSSR count). The molecular weight excluding hydrogens is 234 g/mol. The molecule has 0 fully saturated rings. The number of rotatable bonds is 4. The molecule has 0 saturated heterocycles. The van der Waals surface area contributed by atoms with Gasteiger partial charge >= 0.3 is 5.97 Å². The molecule has 6 nitrogen and oxygen atoms in total. The summed E-state index contributed by atoms with van der Waals surface area (Å²) in [5.74, 6) is 0.273. The highest BCUT2D eigenvalue weighted by Gasteiger charge is 2.23. The van der Waals surface area contributed by atoms with Crippen LogP contribution in [0.5, 0.6) is 0 Å². The van der Waals surface area contributed by atoms with Crippen molar-refractivity contribution >= 4 is 11.8 Å². The average Bonchev–Trinajstić information content (AvgIpc) is 2.28. The van der Waals surface area contributed by atoms with Gasteiger partial charge in [-0.3, -0.25) is 0 Å². The Balaban J connectivity index is 3.25. The molecule has 2 N–H and O–H groups in total. The van der Waals surface area contributed by atoms with E-state index in [1.54, 1.807) is 14.0 Å². The molecular formula is C12H19N3O3. The van der Waals surface area contributed by atoms with Crippen LogP contribution in [-0.2, 0) is 9.47 Å². The van der Waals surface area contributed by atoms with Crippen molar-refractivity contribution in [2.45, 2.75) is 26.9 Å². The zero-order valence-corrected chi connectivity index (χ0v) is 11.4. The number of carbonyl (C=O) groups is 1. The Kier molecular flexibility index (Phi) is 4.61. The van der Waals surface area contributed by atoms with Gasteiger partial charge in [-0.15, -0.1) is 0 Å². The molecule has 1 aromatic heterocycles. The number of ether oxygens (including phenoxy) is 2. The molecule has 1 atom stereocenters. The maximum Gasteiger partial charge on any atom is 0.343 e. The molecule has 0 aliphatic carbocycles. The maximum atomic E-state index is 11.5. The van der Waals surface area contributed by atoms with Crippen LogP contribution in [0.4, 0.5) is 5.82 Å². The first kappa shape index (κ1) is 14.4. The molecule has 100 valence electrons. The van der Waals surface area contributed by atoms with Crippen LogP contribution in [0, 0.1) is 12.8 Å². The van der Waals surface area contributed by atoms with Crippen LogP contribution >= 0.6 is 0 Å². The smallest absolute Gasteiger partial charge is 0.343 e. The minimum absolute atomic E-state index is 0.118. The molecule has 0 saturated carbocycles. The number of hydrogen-bond acceptors (Lipinski definition) is 6. The van der Waals surface area contributed by atoms with Gasteiger partial charge in [-0.05, 0) is 12.8 Å². The number of aryl methyl sites for hydroxylation is 1. The van der Waals surface area contributed by atoms with E-state index in [-0.39, 0.29) is 23.4 Å². The van der Waals surface area contributed by atoms with E-state index in [1.165, 1.54) is 7.11 Å². The number of hydrogen-bond donors (Lipinski definition) is 1. The third-order valence-corrected chi connectivity index (χ3v) is 2.64. The lowest BCUT2D eigenvalue weighted by Gasteiger charge is -2.19. The third kappa shape index (κ3) is 2.76. The molecule has 1 unspecified atom stereocenters. The molecule has 0 aliphatic heterocycles. The molecule has 0 spiro atoms. The van der Waals surface area contributed by atoms with Gasteiger partial charge in [0.15, 0.2) is 5.82 Å². The predicted molar refractivity (Wildman–Crippen MR) is 67.1 cm³/mol. The van der Waals surface area contributed by atoms with Crippen molar-refractivity contribution in [2.75, 3.05) is 20.0 Å². The van der Waals surface area contributed by atoms with Crippen LogP contribution < -0.4 is 5.73 Å². The Morgan fingerprint density at radius 3 is 2.28 bits per heavy atom. The maximum absolute atomic E-state index is 11.5. The lowest BCUT2D eigenvalue weighted by Crippen LogP contribution is -2.18. The summed E-state index contributed by atoms with van der Waals surface area (Å²) in [5, 5.41) is 0. The molecule has 0 radical (unpaired) electrons. The highest BCUT2D eigenvalue weighted by Crippen LogP contribution is 2.24. The Morgan fingerprint density at radius 1 is 1.28 bits per heavy atom. The quantitative estimate of drug-likeness (QED) is 0.818. The Hall–Kier alpha value is -1.69. The summed E-state index contributed by atoms with van der Waals surface area (Å²) in [7, 11) is 2.88. The van der Waals surface area contributed by atoms with Crippen LogP contribution in [0.25, 0.3) is 0 Å². The second-order valence-corrected chi connectivity index (χ2v) is 4.32. The van der Waals surface area contributed by atoms with Gasteiger partial charge in [-0.25, -0.2) is 14.8 Å². The van der Waals surface area contributed by atoms with E-state index >= 15 is 0 Å². The molecule has 0 bridgehead atoms. The third-order valence-electron chi connectivity index (χ3n) is 2.64. The minimum atomic E-state index is -0.532. The first-order chi connectivity index (χ1) is 8.42. The van der Waals surface area contributed by atoms with E-state index in [4.69, 9.17) is 10.5 Å². The van der Waals surface area contributed by atoms with Gasteiger partial charge in [0.2, 0.25) is 0 Å². The number of carbonyl (C=O) groups excluding carboxylic acids is 1. The SMILES string of the molecule is COC(=O)c1c(C)nc(C(OC)C(C)C)nc1N. The van der Waals surface area contributed by atoms with Crippen LogP contribution in [0.2, 0.25) is 0 Å². The van der Waals surface area contributed by atoms with Gasteiger partial charge in [0.25, 0.3) is 0 Å². The number of methoxy groups -OCH3 is 2. The van der Waals surface area contributed by atoms with Gasteiger partial charge < -0.3 is 15.2 Å². The van der Waals surface area contributed by atoms with E-state index in [9.17, 15) is 4.79 Å². The van der Waals surface area contributed by atoms with E-state index in [0.29, 0.717) is 11.5 Å². The lowest BCUT2D eigenvalue weighted by atomic mass is 10.1. The van der Waals surface area contributed by atoms with Crippen molar-refractivity contribution in [3.8, 4) is 0 Å². The molecule has 18 heavy (non-hydrogen) atoms. The van der Waals surface area contributed by atoms with Crippen molar-refractivity contribution in [3.05, 3.63) is 17.1 Å². The fourth-order valence-electron chi connectivity index (χ4n) is 1.77. The van der Waals surface area contributed by atoms with Gasteiger partial charge in [0.05, 0.1) is 12.8 Å². The summed E-state index contributed by atoms with van der Waals surface area (Å²) in [6.45, 7) is 5.69. The predicted octanol–water partition coefficient (Wildman–Crippen LogP) is 1.50. The Bertz CT molecular complexity index is 423. The largest absolute Gasteiger partial charge is 0.465 e. The molecule has 1 aromatic rings. The lowest BCUT2D eigenvalue weighted by molar-refractivity contribution is 0.0563. The van der Waals surface area contributed by atoms with Crippen molar-refractivity contribution < 1.29 is 14.3 Å². The number of anilines is 1. The summed E-state index contributed by atoms with van der Waals surface area (Å²) in [5.41, 5.74) is 6.48. The topological polar surface area (TPSA) is 87.3 Å². The van der Waals surface area contributed by atoms with Crippen molar-refractivity contribution in [1.82, 2.24) is 9.97 Å². The van der Waals surface area contributed by atoms with Crippen LogP contribution in [0.1, 0.15) is 41.8 Å². The minimum Gasteiger partial charge on any atom is -0.465 e. The normalized spacial score (nSPS) is 12.6. The number of nitrogens with two attached hydrogens (primary N) is 1. The van der Waals surface area contributed by atoms with E-state index < -0.39 is 5.97 Å². The van der Waals surface area contributed by atoms with Crippen LogP contribution in [0.15, 0.2) is 0 Å². The van der Waals surface area contributed by atoms with Crippen LogP contribution in [-0.4, -0.2) is 30.2 Å². The number of esters is 1. The highest BCUT2D eigenvalue weighted by atomic mass is 16.5. The summed E-state index contributed by atoms with van der Waals surface area (Å²) < 4.78 is 9.98. The summed E-state index contributed by atoms with van der Waals surface area (Å²) >= 11 is 0. The van der Waals surface area contributed by atoms with Crippen molar-refractivity contribution in [1.29, 1.82) is 0 Å². The zero-order chi connectivity index (χ0) is 13.9. The second kappa shape index (κ2) is 5.77. The molecule has 0 amide bonds. The van der Waals surface area contributed by atoms with Crippen molar-refractivity contribution in [3.63, 3.8) is 0 Å². The van der Waals surface area contributed by atoms with Gasteiger partial charge in [-0.2, -0.15) is 0 Å². The van der Waals surface area contributed by atoms with E-state index in [0.717, 1.165) is 0 Å². The molecule has 0 aromatic carbocycles. The number of nitrogens with zero attached hydrogens (tertiary/aromatic N) is 2. The van der Waals surface area contributed by atoms with Crippen molar-refractivity contribution in [2.24, 2.45) is 5.92 Å². The first-order valence-corrected chi connectivity index (χ1v) is 5.67. The summed E-state index contributed by atoms with van der Waals surface area (Å²) in [6.07, 6.45) is -0.252. The fourth-order valence-corrected chi connectivity index (χ4v) is 1.77. The van der Waals surface area contributed by atoms with E-state index in [1.807, 2.05) is 13.8 Å². The monoisotopic (exact) mass is 253 g/mol. The Morgan fingerprint density at radius 2 is 1.89 bits per heavy atom. The van der Waals surface area contributed by atoms with Gasteiger partial charge in [-0.1, -0.05) is 13.8 Å². The average molecular weight is 253 g/mol. The first-order valence-electron chi connectivity index (χ1n) is 5.67. The number of aromatic nitrogens is 2.